The van der Waals surface area contributed by atoms with Gasteiger partial charge in [-0.3, -0.25) is 4.79 Å². The number of hydrogen-bond acceptors (Lipinski definition) is 2. The van der Waals surface area contributed by atoms with Crippen molar-refractivity contribution in [3.05, 3.63) is 65.5 Å². The van der Waals surface area contributed by atoms with E-state index < -0.39 is 6.04 Å². The van der Waals surface area contributed by atoms with E-state index in [0.29, 0.717) is 16.8 Å². The maximum Gasteiger partial charge on any atom is 0.251 e. The maximum atomic E-state index is 13.6. The number of anilines is 1. The fraction of sp³-hybridized carbons (Fsp3) is 0.133. The molecule has 2 aromatic carbocycles. The van der Waals surface area contributed by atoms with Crippen LogP contribution in [0.4, 0.5) is 10.1 Å². The Labute approximate surface area is 111 Å². The van der Waals surface area contributed by atoms with Crippen LogP contribution in [0.25, 0.3) is 0 Å². The third-order valence-corrected chi connectivity index (χ3v) is 2.89. The molecule has 19 heavy (non-hydrogen) atoms. The summed E-state index contributed by atoms with van der Waals surface area (Å²) in [4.78, 5) is 12.0. The van der Waals surface area contributed by atoms with Gasteiger partial charge < -0.3 is 11.1 Å². The first-order valence-corrected chi connectivity index (χ1v) is 5.99. The molecule has 0 aliphatic heterocycles. The SMILES string of the molecule is CC(NC(=O)c1ccc(N)cc1)c1ccccc1F. The van der Waals surface area contributed by atoms with Crippen molar-refractivity contribution in [2.24, 2.45) is 0 Å². The van der Waals surface area contributed by atoms with E-state index >= 15 is 0 Å². The molecule has 1 amide bonds. The highest BCUT2D eigenvalue weighted by molar-refractivity contribution is 5.94. The number of nitrogens with one attached hydrogen (secondary N) is 1. The summed E-state index contributed by atoms with van der Waals surface area (Å²) in [5, 5.41) is 2.75. The van der Waals surface area contributed by atoms with Crippen molar-refractivity contribution in [2.45, 2.75) is 13.0 Å². The molecule has 1 atom stereocenters. The molecule has 0 saturated carbocycles. The Morgan fingerprint density at radius 2 is 1.79 bits per heavy atom. The van der Waals surface area contributed by atoms with Gasteiger partial charge in [0.2, 0.25) is 0 Å². The summed E-state index contributed by atoms with van der Waals surface area (Å²) in [6.07, 6.45) is 0. The predicted octanol–water partition coefficient (Wildman–Crippen LogP) is 2.90. The van der Waals surface area contributed by atoms with Gasteiger partial charge in [0.05, 0.1) is 6.04 Å². The summed E-state index contributed by atoms with van der Waals surface area (Å²) in [6, 6.07) is 12.6. The molecule has 3 nitrogen and oxygen atoms in total. The number of carbonyl (C=O) groups excluding carboxylic acids is 1. The quantitative estimate of drug-likeness (QED) is 0.832. The van der Waals surface area contributed by atoms with Crippen molar-refractivity contribution in [3.8, 4) is 0 Å². The van der Waals surface area contributed by atoms with Crippen molar-refractivity contribution in [2.75, 3.05) is 5.73 Å². The zero-order valence-corrected chi connectivity index (χ0v) is 10.6. The average Bonchev–Trinajstić information content (AvgIpc) is 2.39. The molecule has 0 heterocycles. The number of hydrogen-bond donors (Lipinski definition) is 2. The van der Waals surface area contributed by atoms with Crippen molar-refractivity contribution in [1.82, 2.24) is 5.32 Å². The predicted molar refractivity (Wildman–Crippen MR) is 73.1 cm³/mol. The molecule has 0 fully saturated rings. The monoisotopic (exact) mass is 258 g/mol. The second-order valence-electron chi connectivity index (χ2n) is 4.34. The Hall–Kier alpha value is -2.36. The van der Waals surface area contributed by atoms with Gasteiger partial charge in [0.25, 0.3) is 5.91 Å². The van der Waals surface area contributed by atoms with Crippen molar-refractivity contribution in [3.63, 3.8) is 0 Å². The van der Waals surface area contributed by atoms with Gasteiger partial charge in [-0.25, -0.2) is 4.39 Å². The topological polar surface area (TPSA) is 55.1 Å². The summed E-state index contributed by atoms with van der Waals surface area (Å²) in [6.45, 7) is 1.74. The third-order valence-electron chi connectivity index (χ3n) is 2.89. The lowest BCUT2D eigenvalue weighted by Crippen LogP contribution is -2.27. The first-order valence-electron chi connectivity index (χ1n) is 5.99. The molecular formula is C15H15FN2O. The van der Waals surface area contributed by atoms with E-state index in [1.54, 1.807) is 49.4 Å². The Bertz CT molecular complexity index is 581. The van der Waals surface area contributed by atoms with Crippen LogP contribution in [0.2, 0.25) is 0 Å². The molecular weight excluding hydrogens is 243 g/mol. The number of nitrogen functional groups attached to an aromatic ring is 1. The van der Waals surface area contributed by atoms with E-state index in [9.17, 15) is 9.18 Å². The lowest BCUT2D eigenvalue weighted by Gasteiger charge is -2.15. The zero-order chi connectivity index (χ0) is 13.8. The van der Waals surface area contributed by atoms with Crippen LogP contribution in [0.15, 0.2) is 48.5 Å². The van der Waals surface area contributed by atoms with Crippen LogP contribution in [0, 0.1) is 5.82 Å². The second-order valence-corrected chi connectivity index (χ2v) is 4.34. The zero-order valence-electron chi connectivity index (χ0n) is 10.6. The molecule has 0 spiro atoms. The molecule has 2 aromatic rings. The van der Waals surface area contributed by atoms with Crippen LogP contribution in [0.1, 0.15) is 28.9 Å². The molecule has 2 rings (SSSR count). The molecule has 1 unspecified atom stereocenters. The highest BCUT2D eigenvalue weighted by Crippen LogP contribution is 2.16. The highest BCUT2D eigenvalue weighted by atomic mass is 19.1. The van der Waals surface area contributed by atoms with Gasteiger partial charge in [-0.1, -0.05) is 18.2 Å². The van der Waals surface area contributed by atoms with E-state index in [-0.39, 0.29) is 11.7 Å². The molecule has 3 N–H and O–H groups in total. The van der Waals surface area contributed by atoms with Crippen LogP contribution >= 0.6 is 0 Å². The van der Waals surface area contributed by atoms with Crippen molar-refractivity contribution in [1.29, 1.82) is 0 Å². The number of carbonyl (C=O) groups is 1. The molecule has 98 valence electrons. The summed E-state index contributed by atoms with van der Waals surface area (Å²) >= 11 is 0. The summed E-state index contributed by atoms with van der Waals surface area (Å²) < 4.78 is 13.6. The van der Waals surface area contributed by atoms with Gasteiger partial charge in [0.1, 0.15) is 5.82 Å². The van der Waals surface area contributed by atoms with Gasteiger partial charge in [0, 0.05) is 16.8 Å². The van der Waals surface area contributed by atoms with Gasteiger partial charge in [-0.2, -0.15) is 0 Å². The largest absolute Gasteiger partial charge is 0.399 e. The van der Waals surface area contributed by atoms with Gasteiger partial charge >= 0.3 is 0 Å². The number of halogens is 1. The van der Waals surface area contributed by atoms with E-state index in [1.807, 2.05) is 0 Å². The van der Waals surface area contributed by atoms with Gasteiger partial charge in [0.15, 0.2) is 0 Å². The molecule has 0 radical (unpaired) electrons. The van der Waals surface area contributed by atoms with Crippen LogP contribution in [0.5, 0.6) is 0 Å². The van der Waals surface area contributed by atoms with Crippen LogP contribution < -0.4 is 11.1 Å². The standard InChI is InChI=1S/C15H15FN2O/c1-10(13-4-2-3-5-14(13)16)18-15(19)11-6-8-12(17)9-7-11/h2-10H,17H2,1H3,(H,18,19). The Kier molecular flexibility index (Phi) is 3.80. The Morgan fingerprint density at radius 1 is 1.16 bits per heavy atom. The molecule has 0 saturated heterocycles. The summed E-state index contributed by atoms with van der Waals surface area (Å²) in [5.74, 6) is -0.580. The number of rotatable bonds is 3. The summed E-state index contributed by atoms with van der Waals surface area (Å²) in [7, 11) is 0. The van der Waals surface area contributed by atoms with E-state index in [0.717, 1.165) is 0 Å². The number of benzene rings is 2. The fourth-order valence-corrected chi connectivity index (χ4v) is 1.82. The minimum absolute atomic E-state index is 0.254. The Balaban J connectivity index is 2.11. The first kappa shape index (κ1) is 13.1. The lowest BCUT2D eigenvalue weighted by atomic mass is 10.1. The second kappa shape index (κ2) is 5.52. The maximum absolute atomic E-state index is 13.6. The molecule has 0 bridgehead atoms. The minimum Gasteiger partial charge on any atom is -0.399 e. The molecule has 0 aliphatic carbocycles. The Morgan fingerprint density at radius 3 is 2.42 bits per heavy atom. The average molecular weight is 258 g/mol. The molecule has 0 aromatic heterocycles. The van der Waals surface area contributed by atoms with E-state index in [2.05, 4.69) is 5.32 Å². The first-order chi connectivity index (χ1) is 9.08. The number of amides is 1. The number of nitrogens with two attached hydrogens (primary N) is 1. The fourth-order valence-electron chi connectivity index (χ4n) is 1.82. The lowest BCUT2D eigenvalue weighted by molar-refractivity contribution is 0.0939. The van der Waals surface area contributed by atoms with Crippen LogP contribution in [0.3, 0.4) is 0 Å². The summed E-state index contributed by atoms with van der Waals surface area (Å²) in [5.41, 5.74) is 7.12. The van der Waals surface area contributed by atoms with E-state index in [4.69, 9.17) is 5.73 Å². The van der Waals surface area contributed by atoms with Gasteiger partial charge in [-0.05, 0) is 37.3 Å². The van der Waals surface area contributed by atoms with Crippen molar-refractivity contribution < 1.29 is 9.18 Å². The molecule has 4 heteroatoms. The molecule has 0 aliphatic rings. The third kappa shape index (κ3) is 3.10. The smallest absolute Gasteiger partial charge is 0.251 e. The highest BCUT2D eigenvalue weighted by Gasteiger charge is 2.14. The van der Waals surface area contributed by atoms with Crippen molar-refractivity contribution >= 4 is 11.6 Å². The minimum atomic E-state index is -0.397. The van der Waals surface area contributed by atoms with Crippen LogP contribution in [-0.2, 0) is 0 Å². The van der Waals surface area contributed by atoms with Crippen LogP contribution in [-0.4, -0.2) is 5.91 Å². The van der Waals surface area contributed by atoms with E-state index in [1.165, 1.54) is 6.07 Å². The van der Waals surface area contributed by atoms with Gasteiger partial charge in [-0.15, -0.1) is 0 Å². The normalized spacial score (nSPS) is 11.9.